The van der Waals surface area contributed by atoms with Crippen LogP contribution in [0.15, 0.2) is 16.9 Å². The Kier molecular flexibility index (Phi) is 5.90. The zero-order valence-electron chi connectivity index (χ0n) is 15.8. The van der Waals surface area contributed by atoms with Crippen LogP contribution in [-0.4, -0.2) is 57.0 Å². The van der Waals surface area contributed by atoms with Crippen molar-refractivity contribution in [3.05, 3.63) is 22.6 Å². The summed E-state index contributed by atoms with van der Waals surface area (Å²) in [6.07, 6.45) is 0.291. The number of nitrogens with one attached hydrogen (secondary N) is 2. The number of aryl methyl sites for hydroxylation is 2. The highest BCUT2D eigenvalue weighted by atomic mass is 16.2. The number of nitrogens with zero attached hydrogens (tertiary/aromatic N) is 4. The highest BCUT2D eigenvalue weighted by molar-refractivity contribution is 5.93. The molecule has 2 N–H and O–H groups in total. The molecular formula is C18H26N6O3. The molecule has 27 heavy (non-hydrogen) atoms. The molecule has 3 heterocycles. The van der Waals surface area contributed by atoms with Gasteiger partial charge in [0.25, 0.3) is 0 Å². The van der Waals surface area contributed by atoms with Gasteiger partial charge in [0.1, 0.15) is 5.82 Å². The Hall–Kier alpha value is -2.68. The lowest BCUT2D eigenvalue weighted by atomic mass is 10.2. The molecule has 146 valence electrons. The van der Waals surface area contributed by atoms with Crippen molar-refractivity contribution in [3.8, 4) is 0 Å². The van der Waals surface area contributed by atoms with Crippen LogP contribution in [0.5, 0.6) is 0 Å². The highest BCUT2D eigenvalue weighted by Gasteiger charge is 2.18. The summed E-state index contributed by atoms with van der Waals surface area (Å²) < 4.78 is 3.24. The summed E-state index contributed by atoms with van der Waals surface area (Å²) in [5.74, 6) is 0.123. The summed E-state index contributed by atoms with van der Waals surface area (Å²) in [6.45, 7) is 7.80. The molecule has 9 heteroatoms. The summed E-state index contributed by atoms with van der Waals surface area (Å²) in [7, 11) is 0. The van der Waals surface area contributed by atoms with Crippen LogP contribution in [0.2, 0.25) is 0 Å². The van der Waals surface area contributed by atoms with E-state index < -0.39 is 0 Å². The van der Waals surface area contributed by atoms with Gasteiger partial charge < -0.3 is 15.5 Å². The third kappa shape index (κ3) is 4.02. The highest BCUT2D eigenvalue weighted by Crippen LogP contribution is 2.15. The molecule has 0 saturated carbocycles. The average Bonchev–Trinajstić information content (AvgIpc) is 2.96. The van der Waals surface area contributed by atoms with Crippen LogP contribution in [0.1, 0.15) is 26.7 Å². The topological polar surface area (TPSA) is 101 Å². The first-order chi connectivity index (χ1) is 13.0. The monoisotopic (exact) mass is 374 g/mol. The average molecular weight is 374 g/mol. The van der Waals surface area contributed by atoms with Gasteiger partial charge in [0.05, 0.1) is 5.52 Å². The van der Waals surface area contributed by atoms with E-state index in [0.717, 1.165) is 18.6 Å². The van der Waals surface area contributed by atoms with Gasteiger partial charge in [-0.2, -0.15) is 0 Å². The minimum Gasteiger partial charge on any atom is -0.340 e. The maximum atomic E-state index is 12.4. The molecule has 1 aliphatic rings. The first kappa shape index (κ1) is 19.1. The van der Waals surface area contributed by atoms with Crippen LogP contribution in [0.4, 0.5) is 5.82 Å². The predicted octanol–water partition coefficient (Wildman–Crippen LogP) is 0.388. The minimum atomic E-state index is -0.259. The number of amides is 2. The number of anilines is 1. The van der Waals surface area contributed by atoms with Crippen molar-refractivity contribution in [2.75, 3.05) is 31.5 Å². The van der Waals surface area contributed by atoms with Crippen LogP contribution < -0.4 is 16.3 Å². The smallest absolute Gasteiger partial charge is 0.330 e. The summed E-state index contributed by atoms with van der Waals surface area (Å²) in [5.41, 5.74) is 1.20. The number of piperazine rings is 1. The maximum absolute atomic E-state index is 12.4. The van der Waals surface area contributed by atoms with E-state index in [0.29, 0.717) is 37.6 Å². The number of fused-ring (bicyclic) bond motifs is 1. The molecule has 1 fully saturated rings. The second kappa shape index (κ2) is 8.34. The van der Waals surface area contributed by atoms with Crippen molar-refractivity contribution in [1.29, 1.82) is 0 Å². The van der Waals surface area contributed by atoms with Crippen LogP contribution in [-0.2, 0) is 22.7 Å². The van der Waals surface area contributed by atoms with Gasteiger partial charge in [-0.1, -0.05) is 0 Å². The third-order valence-electron chi connectivity index (χ3n) is 4.80. The molecule has 0 atom stereocenters. The Morgan fingerprint density at radius 3 is 2.48 bits per heavy atom. The fourth-order valence-electron chi connectivity index (χ4n) is 3.35. The number of rotatable bonds is 6. The predicted molar refractivity (Wildman–Crippen MR) is 103 cm³/mol. The molecule has 2 aromatic rings. The van der Waals surface area contributed by atoms with Crippen molar-refractivity contribution >= 4 is 28.8 Å². The molecule has 0 aromatic carbocycles. The number of hydrogen-bond acceptors (Lipinski definition) is 5. The molecule has 2 amide bonds. The van der Waals surface area contributed by atoms with Gasteiger partial charge in [-0.05, 0) is 26.0 Å². The van der Waals surface area contributed by atoms with Crippen LogP contribution in [0.25, 0.3) is 11.2 Å². The second-order valence-electron chi connectivity index (χ2n) is 6.49. The van der Waals surface area contributed by atoms with Gasteiger partial charge in [0.2, 0.25) is 11.8 Å². The summed E-state index contributed by atoms with van der Waals surface area (Å²) in [5, 5.41) is 5.93. The zero-order chi connectivity index (χ0) is 19.4. The van der Waals surface area contributed by atoms with E-state index >= 15 is 0 Å². The summed E-state index contributed by atoms with van der Waals surface area (Å²) >= 11 is 0. The molecule has 0 unspecified atom stereocenters. The van der Waals surface area contributed by atoms with Crippen LogP contribution in [0, 0.1) is 0 Å². The van der Waals surface area contributed by atoms with Gasteiger partial charge in [-0.3, -0.25) is 18.7 Å². The third-order valence-corrected chi connectivity index (χ3v) is 4.80. The number of pyridine rings is 1. The van der Waals surface area contributed by atoms with E-state index in [1.54, 1.807) is 26.2 Å². The van der Waals surface area contributed by atoms with E-state index in [9.17, 15) is 14.4 Å². The number of imidazole rings is 1. The van der Waals surface area contributed by atoms with Gasteiger partial charge >= 0.3 is 5.69 Å². The normalized spacial score (nSPS) is 14.5. The molecule has 3 rings (SSSR count). The van der Waals surface area contributed by atoms with Gasteiger partial charge in [-0.25, -0.2) is 9.78 Å². The Labute approximate surface area is 157 Å². The zero-order valence-corrected chi connectivity index (χ0v) is 15.8. The van der Waals surface area contributed by atoms with E-state index in [4.69, 9.17) is 0 Å². The van der Waals surface area contributed by atoms with E-state index in [1.807, 2.05) is 13.8 Å². The minimum absolute atomic E-state index is 0.00472. The molecule has 0 radical (unpaired) electrons. The first-order valence-electron chi connectivity index (χ1n) is 9.43. The molecule has 0 aliphatic carbocycles. The van der Waals surface area contributed by atoms with Crippen molar-refractivity contribution in [2.24, 2.45) is 0 Å². The SMILES string of the molecule is CCn1c(=O)n(CC)c2nc(NC(=O)CCC(=O)N3CCNCC3)ccc21. The van der Waals surface area contributed by atoms with Crippen molar-refractivity contribution in [1.82, 2.24) is 24.3 Å². The molecule has 0 spiro atoms. The number of hydrogen-bond donors (Lipinski definition) is 2. The Balaban J connectivity index is 1.66. The fraction of sp³-hybridized carbons (Fsp3) is 0.556. The molecule has 9 nitrogen and oxygen atoms in total. The summed E-state index contributed by atoms with van der Waals surface area (Å²) in [4.78, 5) is 42.9. The van der Waals surface area contributed by atoms with E-state index in [2.05, 4.69) is 15.6 Å². The Bertz CT molecular complexity index is 894. The van der Waals surface area contributed by atoms with Crippen molar-refractivity contribution < 1.29 is 9.59 Å². The largest absolute Gasteiger partial charge is 0.340 e. The number of carbonyl (C=O) groups excluding carboxylic acids is 2. The van der Waals surface area contributed by atoms with Crippen LogP contribution in [0.3, 0.4) is 0 Å². The van der Waals surface area contributed by atoms with Crippen LogP contribution >= 0.6 is 0 Å². The second-order valence-corrected chi connectivity index (χ2v) is 6.49. The summed E-state index contributed by atoms with van der Waals surface area (Å²) in [6, 6.07) is 3.48. The van der Waals surface area contributed by atoms with Gasteiger partial charge in [0.15, 0.2) is 5.65 Å². The van der Waals surface area contributed by atoms with Gasteiger partial charge in [-0.15, -0.1) is 0 Å². The maximum Gasteiger partial charge on any atom is 0.330 e. The molecular weight excluding hydrogens is 348 g/mol. The van der Waals surface area contributed by atoms with Crippen molar-refractivity contribution in [2.45, 2.75) is 39.8 Å². The van der Waals surface area contributed by atoms with E-state index in [-0.39, 0.29) is 30.3 Å². The molecule has 1 saturated heterocycles. The lowest BCUT2D eigenvalue weighted by Crippen LogP contribution is -2.46. The number of carbonyl (C=O) groups is 2. The lowest BCUT2D eigenvalue weighted by molar-refractivity contribution is -0.133. The number of aromatic nitrogens is 3. The first-order valence-corrected chi connectivity index (χ1v) is 9.43. The van der Waals surface area contributed by atoms with Crippen molar-refractivity contribution in [3.63, 3.8) is 0 Å². The standard InChI is InChI=1S/C18H26N6O3/c1-3-23-13-5-6-14(21-17(13)24(4-2)18(23)27)20-15(25)7-8-16(26)22-11-9-19-10-12-22/h5-6,19H,3-4,7-12H2,1-2H3,(H,20,21,25). The van der Waals surface area contributed by atoms with E-state index in [1.165, 1.54) is 0 Å². The van der Waals surface area contributed by atoms with Gasteiger partial charge in [0, 0.05) is 52.1 Å². The Morgan fingerprint density at radius 1 is 1.11 bits per heavy atom. The quantitative estimate of drug-likeness (QED) is 0.762. The Morgan fingerprint density at radius 2 is 1.81 bits per heavy atom. The fourth-order valence-corrected chi connectivity index (χ4v) is 3.35. The molecule has 1 aliphatic heterocycles. The lowest BCUT2D eigenvalue weighted by Gasteiger charge is -2.27. The molecule has 2 aromatic heterocycles. The molecule has 0 bridgehead atoms.